The molecule has 6 heteroatoms. The standard InChI is InChI=1S/C13H19N3O3/c1-13(12(17)18)6-3-7-16(9-13)8-10-4-5-11(19-2)15-14-10/h4-5H,3,6-9H2,1-2H3,(H,17,18). The van der Waals surface area contributed by atoms with E-state index in [1.165, 1.54) is 0 Å². The van der Waals surface area contributed by atoms with Crippen molar-refractivity contribution in [2.24, 2.45) is 5.41 Å². The Kier molecular flexibility index (Phi) is 3.99. The molecule has 1 N–H and O–H groups in total. The molecule has 1 aliphatic rings. The van der Waals surface area contributed by atoms with Gasteiger partial charge < -0.3 is 9.84 Å². The summed E-state index contributed by atoms with van der Waals surface area (Å²) in [5.41, 5.74) is 0.174. The highest BCUT2D eigenvalue weighted by Crippen LogP contribution is 2.30. The molecule has 1 aromatic rings. The smallest absolute Gasteiger partial charge is 0.310 e. The average molecular weight is 265 g/mol. The number of aliphatic carboxylic acids is 1. The Morgan fingerprint density at radius 1 is 1.53 bits per heavy atom. The van der Waals surface area contributed by atoms with Gasteiger partial charge in [-0.15, -0.1) is 5.10 Å². The van der Waals surface area contributed by atoms with Crippen LogP contribution in [0, 0.1) is 5.41 Å². The van der Waals surface area contributed by atoms with Crippen molar-refractivity contribution in [3.8, 4) is 5.88 Å². The zero-order valence-electron chi connectivity index (χ0n) is 11.3. The third kappa shape index (κ3) is 3.20. The third-order valence-corrected chi connectivity index (χ3v) is 3.58. The first kappa shape index (κ1) is 13.7. The molecule has 19 heavy (non-hydrogen) atoms. The van der Waals surface area contributed by atoms with Crippen molar-refractivity contribution in [3.05, 3.63) is 17.8 Å². The molecule has 2 heterocycles. The first-order valence-corrected chi connectivity index (χ1v) is 6.36. The van der Waals surface area contributed by atoms with Gasteiger partial charge in [0.2, 0.25) is 5.88 Å². The van der Waals surface area contributed by atoms with Crippen LogP contribution < -0.4 is 4.74 Å². The molecule has 0 saturated carbocycles. The van der Waals surface area contributed by atoms with Gasteiger partial charge in [-0.2, -0.15) is 5.10 Å². The van der Waals surface area contributed by atoms with E-state index in [0.29, 0.717) is 19.0 Å². The third-order valence-electron chi connectivity index (χ3n) is 3.58. The topological polar surface area (TPSA) is 75.5 Å². The van der Waals surface area contributed by atoms with E-state index < -0.39 is 11.4 Å². The lowest BCUT2D eigenvalue weighted by atomic mass is 9.82. The molecule has 1 fully saturated rings. The second-order valence-electron chi connectivity index (χ2n) is 5.25. The minimum absolute atomic E-state index is 0.484. The van der Waals surface area contributed by atoms with Gasteiger partial charge >= 0.3 is 5.97 Å². The Morgan fingerprint density at radius 3 is 2.89 bits per heavy atom. The summed E-state index contributed by atoms with van der Waals surface area (Å²) < 4.78 is 4.96. The van der Waals surface area contributed by atoms with Crippen LogP contribution in [-0.4, -0.2) is 46.4 Å². The Bertz CT molecular complexity index is 449. The fourth-order valence-electron chi connectivity index (χ4n) is 2.42. The van der Waals surface area contributed by atoms with E-state index >= 15 is 0 Å². The molecule has 0 spiro atoms. The Morgan fingerprint density at radius 2 is 2.32 bits per heavy atom. The summed E-state index contributed by atoms with van der Waals surface area (Å²) in [7, 11) is 1.55. The lowest BCUT2D eigenvalue weighted by Gasteiger charge is -2.37. The van der Waals surface area contributed by atoms with E-state index in [1.54, 1.807) is 20.1 Å². The molecule has 1 unspecified atom stereocenters. The second kappa shape index (κ2) is 5.52. The largest absolute Gasteiger partial charge is 0.481 e. The van der Waals surface area contributed by atoms with Gasteiger partial charge in [-0.1, -0.05) is 0 Å². The Hall–Kier alpha value is -1.69. The molecule has 1 aromatic heterocycles. The Labute approximate surface area is 112 Å². The van der Waals surface area contributed by atoms with Crippen LogP contribution in [0.2, 0.25) is 0 Å². The van der Waals surface area contributed by atoms with Crippen molar-refractivity contribution in [3.63, 3.8) is 0 Å². The number of likely N-dealkylation sites (tertiary alicyclic amines) is 1. The molecule has 1 atom stereocenters. The summed E-state index contributed by atoms with van der Waals surface area (Å²) in [6.45, 7) is 3.88. The summed E-state index contributed by atoms with van der Waals surface area (Å²) in [6.07, 6.45) is 1.62. The van der Waals surface area contributed by atoms with Crippen molar-refractivity contribution in [2.75, 3.05) is 20.2 Å². The number of carboxylic acids is 1. The van der Waals surface area contributed by atoms with E-state index in [0.717, 1.165) is 25.1 Å². The number of carbonyl (C=O) groups is 1. The van der Waals surface area contributed by atoms with Gasteiger partial charge in [0.1, 0.15) is 0 Å². The van der Waals surface area contributed by atoms with Gasteiger partial charge in [-0.05, 0) is 32.4 Å². The zero-order chi connectivity index (χ0) is 13.9. The number of methoxy groups -OCH3 is 1. The molecule has 0 amide bonds. The van der Waals surface area contributed by atoms with Gasteiger partial charge in [-0.25, -0.2) is 0 Å². The maximum atomic E-state index is 11.3. The normalized spacial score (nSPS) is 24.1. The molecule has 0 aliphatic carbocycles. The maximum Gasteiger partial charge on any atom is 0.310 e. The van der Waals surface area contributed by atoms with E-state index in [2.05, 4.69) is 15.1 Å². The van der Waals surface area contributed by atoms with Crippen LogP contribution in [0.15, 0.2) is 12.1 Å². The Balaban J connectivity index is 2.00. The first-order chi connectivity index (χ1) is 9.03. The van der Waals surface area contributed by atoms with Crippen LogP contribution in [0.1, 0.15) is 25.5 Å². The SMILES string of the molecule is COc1ccc(CN2CCCC(C)(C(=O)O)C2)nn1. The molecule has 6 nitrogen and oxygen atoms in total. The predicted octanol–water partition coefficient (Wildman–Crippen LogP) is 1.17. The van der Waals surface area contributed by atoms with Crippen molar-refractivity contribution in [1.29, 1.82) is 0 Å². The number of nitrogens with zero attached hydrogens (tertiary/aromatic N) is 3. The summed E-state index contributed by atoms with van der Waals surface area (Å²) in [4.78, 5) is 13.4. The number of carboxylic acid groups (broad SMARTS) is 1. The highest BCUT2D eigenvalue weighted by Gasteiger charge is 2.37. The first-order valence-electron chi connectivity index (χ1n) is 6.36. The van der Waals surface area contributed by atoms with Crippen molar-refractivity contribution < 1.29 is 14.6 Å². The molecule has 0 bridgehead atoms. The number of ether oxygens (including phenoxy) is 1. The van der Waals surface area contributed by atoms with Crippen LogP contribution in [-0.2, 0) is 11.3 Å². The average Bonchev–Trinajstić information content (AvgIpc) is 2.39. The van der Waals surface area contributed by atoms with Gasteiger partial charge in [0.05, 0.1) is 18.2 Å². The van der Waals surface area contributed by atoms with E-state index in [4.69, 9.17) is 4.74 Å². The van der Waals surface area contributed by atoms with Crippen molar-refractivity contribution in [2.45, 2.75) is 26.3 Å². The number of hydrogen-bond donors (Lipinski definition) is 1. The van der Waals surface area contributed by atoms with E-state index in [-0.39, 0.29) is 0 Å². The minimum atomic E-state index is -0.724. The number of aromatic nitrogens is 2. The van der Waals surface area contributed by atoms with Crippen LogP contribution in [0.5, 0.6) is 5.88 Å². The number of piperidine rings is 1. The lowest BCUT2D eigenvalue weighted by Crippen LogP contribution is -2.45. The number of hydrogen-bond acceptors (Lipinski definition) is 5. The summed E-state index contributed by atoms with van der Waals surface area (Å²) in [5, 5.41) is 17.3. The van der Waals surface area contributed by atoms with Crippen LogP contribution in [0.3, 0.4) is 0 Å². The summed E-state index contributed by atoms with van der Waals surface area (Å²) >= 11 is 0. The molecule has 1 aliphatic heterocycles. The molecular weight excluding hydrogens is 246 g/mol. The van der Waals surface area contributed by atoms with Gasteiger partial charge in [-0.3, -0.25) is 9.69 Å². The zero-order valence-corrected chi connectivity index (χ0v) is 11.3. The quantitative estimate of drug-likeness (QED) is 0.880. The lowest BCUT2D eigenvalue weighted by molar-refractivity contribution is -0.151. The molecule has 2 rings (SSSR count). The molecule has 104 valence electrons. The highest BCUT2D eigenvalue weighted by atomic mass is 16.5. The number of rotatable bonds is 4. The van der Waals surface area contributed by atoms with Gasteiger partial charge in [0.25, 0.3) is 0 Å². The highest BCUT2D eigenvalue weighted by molar-refractivity contribution is 5.74. The molecule has 1 saturated heterocycles. The minimum Gasteiger partial charge on any atom is -0.481 e. The van der Waals surface area contributed by atoms with Crippen molar-refractivity contribution >= 4 is 5.97 Å². The monoisotopic (exact) mass is 265 g/mol. The maximum absolute atomic E-state index is 11.3. The fraction of sp³-hybridized carbons (Fsp3) is 0.615. The van der Waals surface area contributed by atoms with E-state index in [1.807, 2.05) is 6.07 Å². The molecule has 0 aromatic carbocycles. The summed E-state index contributed by atoms with van der Waals surface area (Å²) in [5.74, 6) is -0.240. The molecular formula is C13H19N3O3. The van der Waals surface area contributed by atoms with Crippen LogP contribution in [0.25, 0.3) is 0 Å². The fourth-order valence-corrected chi connectivity index (χ4v) is 2.42. The van der Waals surface area contributed by atoms with E-state index in [9.17, 15) is 9.90 Å². The summed E-state index contributed by atoms with van der Waals surface area (Å²) in [6, 6.07) is 3.63. The van der Waals surface area contributed by atoms with Crippen molar-refractivity contribution in [1.82, 2.24) is 15.1 Å². The van der Waals surface area contributed by atoms with Gasteiger partial charge in [0, 0.05) is 19.2 Å². The second-order valence-corrected chi connectivity index (χ2v) is 5.25. The predicted molar refractivity (Wildman–Crippen MR) is 68.8 cm³/mol. The van der Waals surface area contributed by atoms with Crippen LogP contribution >= 0.6 is 0 Å². The molecule has 0 radical (unpaired) electrons. The van der Waals surface area contributed by atoms with Crippen LogP contribution in [0.4, 0.5) is 0 Å². The van der Waals surface area contributed by atoms with Gasteiger partial charge in [0.15, 0.2) is 0 Å².